The lowest BCUT2D eigenvalue weighted by Gasteiger charge is -2.47. The van der Waals surface area contributed by atoms with E-state index >= 15 is 0 Å². The highest BCUT2D eigenvalue weighted by molar-refractivity contribution is 7.53. The molecule has 0 rings (SSSR count). The molecule has 0 fully saturated rings. The molecule has 0 bridgehead atoms. The zero-order valence-corrected chi connectivity index (χ0v) is 14.5. The van der Waals surface area contributed by atoms with Gasteiger partial charge in [0, 0.05) is 38.6 Å². The van der Waals surface area contributed by atoms with Crippen LogP contribution in [0.15, 0.2) is 12.7 Å². The van der Waals surface area contributed by atoms with Crippen LogP contribution in [0.1, 0.15) is 55.4 Å². The summed E-state index contributed by atoms with van der Waals surface area (Å²) in [6.45, 7) is 22.4. The molecule has 108 valence electrons. The number of hydrogen-bond acceptors (Lipinski definition) is 2. The van der Waals surface area contributed by atoms with Crippen LogP contribution in [0, 0.1) is 0 Å². The summed E-state index contributed by atoms with van der Waals surface area (Å²) in [5.74, 6) is 0. The van der Waals surface area contributed by atoms with Gasteiger partial charge >= 0.3 is 0 Å². The van der Waals surface area contributed by atoms with Gasteiger partial charge in [0.1, 0.15) is 0 Å². The zero-order chi connectivity index (χ0) is 14.5. The van der Waals surface area contributed by atoms with Crippen molar-refractivity contribution in [2.75, 3.05) is 6.16 Å². The van der Waals surface area contributed by atoms with Gasteiger partial charge in [0.05, 0.1) is 0 Å². The molecule has 0 spiro atoms. The van der Waals surface area contributed by atoms with Crippen molar-refractivity contribution < 1.29 is 0 Å². The maximum absolute atomic E-state index is 3.97. The largest absolute Gasteiger partial charge is 0.265 e. The first-order valence-electron chi connectivity index (χ1n) is 7.18. The molecule has 0 aromatic heterocycles. The molecule has 0 N–H and O–H groups in total. The fraction of sp³-hybridized carbons (Fsp3) is 0.867. The molecule has 0 saturated carbocycles. The van der Waals surface area contributed by atoms with Gasteiger partial charge in [-0.2, -0.15) is 0 Å². The lowest BCUT2D eigenvalue weighted by atomic mass is 10.3. The number of allylic oxidation sites excluding steroid dienone is 1. The smallest absolute Gasteiger partial charge is 0.0444 e. The fourth-order valence-electron chi connectivity index (χ4n) is 2.68. The Kier molecular flexibility index (Phi) is 8.34. The predicted octanol–water partition coefficient (Wildman–Crippen LogP) is 4.72. The van der Waals surface area contributed by atoms with Crippen LogP contribution in [0.4, 0.5) is 0 Å². The molecule has 0 aliphatic rings. The first-order chi connectivity index (χ1) is 8.23. The van der Waals surface area contributed by atoms with Crippen molar-refractivity contribution in [2.45, 2.75) is 79.6 Å². The van der Waals surface area contributed by atoms with Crippen LogP contribution in [0.2, 0.25) is 0 Å². The normalized spacial score (nSPS) is 13.1. The molecule has 0 aliphatic carbocycles. The van der Waals surface area contributed by atoms with Crippen molar-refractivity contribution in [3.63, 3.8) is 0 Å². The third-order valence-electron chi connectivity index (χ3n) is 2.94. The van der Waals surface area contributed by atoms with Gasteiger partial charge in [0.25, 0.3) is 0 Å². The van der Waals surface area contributed by atoms with Gasteiger partial charge in [-0.1, -0.05) is 6.08 Å². The topological polar surface area (TPSA) is 6.48 Å². The summed E-state index contributed by atoms with van der Waals surface area (Å²) in [4.78, 5) is 0. The van der Waals surface area contributed by atoms with Crippen LogP contribution in [-0.4, -0.2) is 39.7 Å². The summed E-state index contributed by atoms with van der Waals surface area (Å²) in [5, 5.41) is 0. The van der Waals surface area contributed by atoms with Gasteiger partial charge in [-0.15, -0.1) is 6.58 Å². The minimum absolute atomic E-state index is 0.297. The lowest BCUT2D eigenvalue weighted by Crippen LogP contribution is -2.43. The predicted molar refractivity (Wildman–Crippen MR) is 86.2 cm³/mol. The van der Waals surface area contributed by atoms with E-state index in [1.807, 2.05) is 0 Å². The minimum Gasteiger partial charge on any atom is -0.265 e. The summed E-state index contributed by atoms with van der Waals surface area (Å²) in [6.07, 6.45) is 3.17. The number of nitrogens with zero attached hydrogens (tertiary/aromatic N) is 2. The molecular formula is C15H33N2P. The molecule has 0 unspecified atom stereocenters. The average Bonchev–Trinajstić information content (AvgIpc) is 2.14. The van der Waals surface area contributed by atoms with Gasteiger partial charge in [-0.05, 0) is 55.4 Å². The van der Waals surface area contributed by atoms with E-state index in [1.165, 1.54) is 0 Å². The molecule has 2 nitrogen and oxygen atoms in total. The summed E-state index contributed by atoms with van der Waals surface area (Å²) >= 11 is 0. The van der Waals surface area contributed by atoms with Crippen LogP contribution in [-0.2, 0) is 0 Å². The van der Waals surface area contributed by atoms with Gasteiger partial charge in [0.15, 0.2) is 0 Å². The second kappa shape index (κ2) is 8.30. The van der Waals surface area contributed by atoms with Crippen molar-refractivity contribution >= 4 is 8.22 Å². The van der Waals surface area contributed by atoms with E-state index < -0.39 is 0 Å². The minimum atomic E-state index is -0.297. The van der Waals surface area contributed by atoms with Crippen molar-refractivity contribution in [3.8, 4) is 0 Å². The molecule has 0 heterocycles. The molecule has 0 saturated heterocycles. The third kappa shape index (κ3) is 4.99. The molecule has 0 atom stereocenters. The first kappa shape index (κ1) is 18.1. The van der Waals surface area contributed by atoms with Crippen LogP contribution >= 0.6 is 8.22 Å². The van der Waals surface area contributed by atoms with Crippen molar-refractivity contribution in [1.82, 2.24) is 9.34 Å². The molecule has 0 aromatic rings. The van der Waals surface area contributed by atoms with E-state index in [4.69, 9.17) is 0 Å². The molecule has 0 aliphatic heterocycles. The molecule has 0 aromatic carbocycles. The highest BCUT2D eigenvalue weighted by atomic mass is 31.1. The Labute approximate surface area is 116 Å². The molecular weight excluding hydrogens is 239 g/mol. The van der Waals surface area contributed by atoms with Crippen LogP contribution in [0.5, 0.6) is 0 Å². The average molecular weight is 272 g/mol. The summed E-state index contributed by atoms with van der Waals surface area (Å²) in [5.41, 5.74) is 0. The fourth-order valence-corrected chi connectivity index (χ4v) is 5.66. The highest BCUT2D eigenvalue weighted by Gasteiger charge is 2.31. The standard InChI is InChI=1S/C15H33N2P/c1-10-11-18(16(12(2)3)13(4)5)17(14(6)7)15(8)9/h10,12-15H,1,11H2,2-9H3. The first-order valence-corrected chi connectivity index (χ1v) is 8.62. The second-order valence-corrected chi connectivity index (χ2v) is 8.01. The maximum atomic E-state index is 3.97. The third-order valence-corrected chi connectivity index (χ3v) is 6.44. The summed E-state index contributed by atoms with van der Waals surface area (Å²) in [7, 11) is -0.297. The van der Waals surface area contributed by atoms with Crippen LogP contribution < -0.4 is 0 Å². The van der Waals surface area contributed by atoms with Gasteiger partial charge in [-0.25, -0.2) is 0 Å². The Bertz CT molecular complexity index is 201. The van der Waals surface area contributed by atoms with Crippen LogP contribution in [0.25, 0.3) is 0 Å². The number of hydrogen-bond donors (Lipinski definition) is 0. The van der Waals surface area contributed by atoms with Gasteiger partial charge in [-0.3, -0.25) is 9.34 Å². The monoisotopic (exact) mass is 272 g/mol. The molecule has 0 amide bonds. The Morgan fingerprint density at radius 1 is 0.778 bits per heavy atom. The van der Waals surface area contributed by atoms with Gasteiger partial charge < -0.3 is 0 Å². The maximum Gasteiger partial charge on any atom is 0.0444 e. The van der Waals surface area contributed by atoms with E-state index in [0.29, 0.717) is 24.2 Å². The summed E-state index contributed by atoms with van der Waals surface area (Å²) in [6, 6.07) is 2.32. The lowest BCUT2D eigenvalue weighted by molar-refractivity contribution is 0.257. The van der Waals surface area contributed by atoms with E-state index in [2.05, 4.69) is 77.4 Å². The van der Waals surface area contributed by atoms with Gasteiger partial charge in [0.2, 0.25) is 0 Å². The highest BCUT2D eigenvalue weighted by Crippen LogP contribution is 2.49. The summed E-state index contributed by atoms with van der Waals surface area (Å²) < 4.78 is 5.33. The van der Waals surface area contributed by atoms with E-state index in [1.54, 1.807) is 0 Å². The Hall–Kier alpha value is 0.0900. The number of rotatable bonds is 8. The Morgan fingerprint density at radius 3 is 1.22 bits per heavy atom. The Balaban J connectivity index is 5.28. The van der Waals surface area contributed by atoms with Crippen molar-refractivity contribution in [3.05, 3.63) is 12.7 Å². The van der Waals surface area contributed by atoms with E-state index in [0.717, 1.165) is 6.16 Å². The second-order valence-electron chi connectivity index (χ2n) is 5.98. The molecule has 18 heavy (non-hydrogen) atoms. The van der Waals surface area contributed by atoms with Crippen molar-refractivity contribution in [2.24, 2.45) is 0 Å². The molecule has 3 heteroatoms. The van der Waals surface area contributed by atoms with E-state index in [9.17, 15) is 0 Å². The molecule has 0 radical (unpaired) electrons. The zero-order valence-electron chi connectivity index (χ0n) is 13.6. The Morgan fingerprint density at radius 2 is 1.06 bits per heavy atom. The quantitative estimate of drug-likeness (QED) is 0.466. The SMILES string of the molecule is C=CCP(N(C(C)C)C(C)C)N(C(C)C)C(C)C. The van der Waals surface area contributed by atoms with Crippen LogP contribution in [0.3, 0.4) is 0 Å². The van der Waals surface area contributed by atoms with Crippen molar-refractivity contribution in [1.29, 1.82) is 0 Å². The van der Waals surface area contributed by atoms with E-state index in [-0.39, 0.29) is 8.22 Å².